The molecule has 5 heteroatoms. The summed E-state index contributed by atoms with van der Waals surface area (Å²) in [6.45, 7) is 6.84. The van der Waals surface area contributed by atoms with E-state index in [9.17, 15) is 4.79 Å². The number of rotatable bonds is 7. The van der Waals surface area contributed by atoms with Crippen LogP contribution in [0.25, 0.3) is 10.2 Å². The monoisotopic (exact) mass is 457 g/mol. The van der Waals surface area contributed by atoms with Crippen molar-refractivity contribution in [3.05, 3.63) is 98.4 Å². The van der Waals surface area contributed by atoms with E-state index in [1.807, 2.05) is 16.7 Å². The van der Waals surface area contributed by atoms with E-state index >= 15 is 0 Å². The van der Waals surface area contributed by atoms with Gasteiger partial charge in [-0.1, -0.05) is 74.5 Å². The van der Waals surface area contributed by atoms with E-state index in [-0.39, 0.29) is 11.6 Å². The van der Waals surface area contributed by atoms with Gasteiger partial charge in [0.1, 0.15) is 10.7 Å². The van der Waals surface area contributed by atoms with Crippen molar-refractivity contribution in [2.45, 2.75) is 52.1 Å². The van der Waals surface area contributed by atoms with Crippen molar-refractivity contribution in [1.82, 2.24) is 14.5 Å². The Kier molecular flexibility index (Phi) is 6.43. The van der Waals surface area contributed by atoms with Crippen LogP contribution in [0.3, 0.4) is 0 Å². The Morgan fingerprint density at radius 1 is 0.939 bits per heavy atom. The van der Waals surface area contributed by atoms with Crippen LogP contribution < -0.4 is 5.56 Å². The van der Waals surface area contributed by atoms with Crippen LogP contribution >= 0.6 is 11.3 Å². The van der Waals surface area contributed by atoms with Crippen LogP contribution in [0.1, 0.15) is 60.1 Å². The van der Waals surface area contributed by atoms with Crippen LogP contribution in [0.5, 0.6) is 0 Å². The number of hydrogen-bond acceptors (Lipinski definition) is 4. The van der Waals surface area contributed by atoms with Gasteiger partial charge in [0, 0.05) is 4.88 Å². The Balaban J connectivity index is 1.81. The fourth-order valence-corrected chi connectivity index (χ4v) is 6.32. The molecule has 1 aliphatic rings. The third kappa shape index (κ3) is 4.16. The van der Waals surface area contributed by atoms with Crippen LogP contribution in [0.15, 0.2) is 65.5 Å². The van der Waals surface area contributed by atoms with Gasteiger partial charge in [0.05, 0.1) is 18.0 Å². The zero-order valence-corrected chi connectivity index (χ0v) is 20.3. The molecule has 0 aliphatic heterocycles. The summed E-state index contributed by atoms with van der Waals surface area (Å²) in [5.74, 6) is 0.854. The number of aryl methyl sites for hydroxylation is 2. The van der Waals surface area contributed by atoms with E-state index in [2.05, 4.69) is 67.3 Å². The van der Waals surface area contributed by atoms with Crippen molar-refractivity contribution in [2.24, 2.45) is 0 Å². The molecule has 0 fully saturated rings. The minimum atomic E-state index is -0.207. The third-order valence-electron chi connectivity index (χ3n) is 6.84. The smallest absolute Gasteiger partial charge is 0.263 e. The average molecular weight is 458 g/mol. The predicted molar refractivity (Wildman–Crippen MR) is 137 cm³/mol. The molecule has 0 radical (unpaired) electrons. The highest BCUT2D eigenvalue weighted by molar-refractivity contribution is 7.18. The van der Waals surface area contributed by atoms with Crippen molar-refractivity contribution in [2.75, 3.05) is 13.1 Å². The minimum Gasteiger partial charge on any atom is -0.297 e. The number of fused-ring (bicyclic) bond motifs is 3. The second kappa shape index (κ2) is 9.62. The number of aromatic nitrogens is 2. The van der Waals surface area contributed by atoms with Gasteiger partial charge in [-0.15, -0.1) is 11.3 Å². The van der Waals surface area contributed by atoms with E-state index in [0.717, 1.165) is 59.5 Å². The normalized spacial score (nSPS) is 13.7. The lowest BCUT2D eigenvalue weighted by Crippen LogP contribution is -2.34. The predicted octanol–water partition coefficient (Wildman–Crippen LogP) is 5.82. The molecular weight excluding hydrogens is 426 g/mol. The number of benzene rings is 2. The van der Waals surface area contributed by atoms with Crippen LogP contribution in [0, 0.1) is 0 Å². The molecule has 2 aromatic carbocycles. The minimum absolute atomic E-state index is 0.110. The molecule has 4 nitrogen and oxygen atoms in total. The fourth-order valence-electron chi connectivity index (χ4n) is 5.05. The maximum atomic E-state index is 14.3. The van der Waals surface area contributed by atoms with Gasteiger partial charge in [0.25, 0.3) is 5.56 Å². The van der Waals surface area contributed by atoms with Gasteiger partial charge in [-0.25, -0.2) is 4.98 Å². The Hall–Kier alpha value is -2.76. The van der Waals surface area contributed by atoms with Crippen LogP contribution in [0.2, 0.25) is 0 Å². The van der Waals surface area contributed by atoms with Gasteiger partial charge in [-0.3, -0.25) is 14.3 Å². The van der Waals surface area contributed by atoms with Crippen molar-refractivity contribution >= 4 is 21.6 Å². The van der Waals surface area contributed by atoms with Crippen molar-refractivity contribution in [3.8, 4) is 0 Å². The summed E-state index contributed by atoms with van der Waals surface area (Å²) in [6.07, 6.45) is 4.42. The fraction of sp³-hybridized carbons (Fsp3) is 0.357. The summed E-state index contributed by atoms with van der Waals surface area (Å²) in [6, 6.07) is 20.6. The largest absolute Gasteiger partial charge is 0.297 e. The molecule has 33 heavy (non-hydrogen) atoms. The van der Waals surface area contributed by atoms with E-state index in [1.165, 1.54) is 16.9 Å². The molecule has 0 N–H and O–H groups in total. The van der Waals surface area contributed by atoms with Gasteiger partial charge in [0.2, 0.25) is 0 Å². The molecule has 4 aromatic rings. The first-order chi connectivity index (χ1) is 16.2. The molecule has 0 saturated carbocycles. The lowest BCUT2D eigenvalue weighted by molar-refractivity contribution is 0.281. The molecule has 5 rings (SSSR count). The Morgan fingerprint density at radius 3 is 2.15 bits per heavy atom. The molecular formula is C28H31N3OS. The average Bonchev–Trinajstić information content (AvgIpc) is 3.24. The topological polar surface area (TPSA) is 38.1 Å². The number of thiophene rings is 1. The summed E-state index contributed by atoms with van der Waals surface area (Å²) < 4.78 is 1.99. The molecule has 170 valence electrons. The highest BCUT2D eigenvalue weighted by Crippen LogP contribution is 2.35. The van der Waals surface area contributed by atoms with Crippen molar-refractivity contribution in [1.29, 1.82) is 0 Å². The lowest BCUT2D eigenvalue weighted by Gasteiger charge is -2.26. The Labute approximate surface area is 199 Å². The summed E-state index contributed by atoms with van der Waals surface area (Å²) in [7, 11) is 0. The molecule has 2 aromatic heterocycles. The van der Waals surface area contributed by atoms with Crippen LogP contribution in [0.4, 0.5) is 0 Å². The molecule has 0 spiro atoms. The summed E-state index contributed by atoms with van der Waals surface area (Å²) >= 11 is 1.74. The molecule has 0 atom stereocenters. The quantitative estimate of drug-likeness (QED) is 0.351. The van der Waals surface area contributed by atoms with Gasteiger partial charge in [-0.05, 0) is 55.5 Å². The van der Waals surface area contributed by atoms with Crippen LogP contribution in [-0.2, 0) is 19.4 Å². The number of hydrogen-bond donors (Lipinski definition) is 0. The first-order valence-corrected chi connectivity index (χ1v) is 12.9. The van der Waals surface area contributed by atoms with E-state index in [1.54, 1.807) is 11.3 Å². The molecule has 0 unspecified atom stereocenters. The Morgan fingerprint density at radius 2 is 1.55 bits per heavy atom. The van der Waals surface area contributed by atoms with E-state index in [4.69, 9.17) is 4.98 Å². The first-order valence-electron chi connectivity index (χ1n) is 12.1. The van der Waals surface area contributed by atoms with Gasteiger partial charge >= 0.3 is 0 Å². The highest BCUT2D eigenvalue weighted by Gasteiger charge is 2.27. The zero-order chi connectivity index (χ0) is 22.8. The van der Waals surface area contributed by atoms with Gasteiger partial charge in [-0.2, -0.15) is 0 Å². The Bertz CT molecular complexity index is 1250. The maximum Gasteiger partial charge on any atom is 0.263 e. The standard InChI is InChI=1S/C28H31N3OS/c1-3-30(4-2)19-24-29-27-25(22-17-11-12-18-23(22)33-27)28(32)31(24)26(20-13-7-5-8-14-20)21-15-9-6-10-16-21/h5-10,13-16,26H,3-4,11-12,17-19H2,1-2H3. The summed E-state index contributed by atoms with van der Waals surface area (Å²) in [5.41, 5.74) is 3.58. The molecule has 0 bridgehead atoms. The second-order valence-electron chi connectivity index (χ2n) is 8.78. The van der Waals surface area contributed by atoms with Gasteiger partial charge < -0.3 is 0 Å². The second-order valence-corrected chi connectivity index (χ2v) is 9.86. The SMILES string of the molecule is CCN(CC)Cc1nc2sc3c(c2c(=O)n1C(c1ccccc1)c1ccccc1)CCCC3. The maximum absolute atomic E-state index is 14.3. The van der Waals surface area contributed by atoms with Crippen molar-refractivity contribution < 1.29 is 0 Å². The van der Waals surface area contributed by atoms with E-state index in [0.29, 0.717) is 6.54 Å². The molecule has 2 heterocycles. The molecule has 1 aliphatic carbocycles. The first kappa shape index (κ1) is 22.1. The molecule has 0 saturated heterocycles. The number of nitrogens with zero attached hydrogens (tertiary/aromatic N) is 3. The highest BCUT2D eigenvalue weighted by atomic mass is 32.1. The third-order valence-corrected chi connectivity index (χ3v) is 8.03. The van der Waals surface area contributed by atoms with E-state index < -0.39 is 0 Å². The van der Waals surface area contributed by atoms with Crippen LogP contribution in [-0.4, -0.2) is 27.5 Å². The lowest BCUT2D eigenvalue weighted by atomic mass is 9.96. The zero-order valence-electron chi connectivity index (χ0n) is 19.5. The van der Waals surface area contributed by atoms with Crippen molar-refractivity contribution in [3.63, 3.8) is 0 Å². The summed E-state index contributed by atoms with van der Waals surface area (Å²) in [4.78, 5) is 24.2. The van der Waals surface area contributed by atoms with Gasteiger partial charge in [0.15, 0.2) is 0 Å². The molecule has 0 amide bonds. The summed E-state index contributed by atoms with van der Waals surface area (Å²) in [5, 5.41) is 0.856.